The summed E-state index contributed by atoms with van der Waals surface area (Å²) in [5.74, 6) is -1.36. The summed E-state index contributed by atoms with van der Waals surface area (Å²) < 4.78 is 121. The number of nitrogens with one attached hydrogen (secondary N) is 4. The van der Waals surface area contributed by atoms with Crippen LogP contribution in [0.3, 0.4) is 0 Å². The molecule has 0 aromatic heterocycles. The van der Waals surface area contributed by atoms with E-state index in [9.17, 15) is 57.8 Å². The topological polar surface area (TPSA) is 283 Å². The summed E-state index contributed by atoms with van der Waals surface area (Å²) in [7, 11) is -18.7. The summed E-state index contributed by atoms with van der Waals surface area (Å²) in [6, 6.07) is 19.7. The van der Waals surface area contributed by atoms with Crippen molar-refractivity contribution in [3.05, 3.63) is 108 Å². The zero-order chi connectivity index (χ0) is 41.0. The van der Waals surface area contributed by atoms with E-state index in [-0.39, 0.29) is 11.4 Å². The molecule has 0 aliphatic rings. The zero-order valence-corrected chi connectivity index (χ0v) is 32.1. The molecule has 6 aromatic carbocycles. The van der Waals surface area contributed by atoms with Gasteiger partial charge in [0, 0.05) is 22.7 Å². The van der Waals surface area contributed by atoms with Gasteiger partial charge in [0.15, 0.2) is 0 Å². The smallest absolute Gasteiger partial charge is 0.342 e. The number of sulfonamides is 2. The molecule has 0 saturated heterocycles. The van der Waals surface area contributed by atoms with Crippen LogP contribution in [0, 0.1) is 13.8 Å². The number of hydrogen-bond donors (Lipinski definition) is 8. The lowest BCUT2D eigenvalue weighted by Gasteiger charge is -2.15. The summed E-state index contributed by atoms with van der Waals surface area (Å²) in [6.45, 7) is 3.32. The molecule has 0 aliphatic carbocycles. The van der Waals surface area contributed by atoms with Gasteiger partial charge in [0.1, 0.15) is 21.3 Å². The fourth-order valence-corrected chi connectivity index (χ4v) is 8.73. The molecule has 17 nitrogen and oxygen atoms in total. The van der Waals surface area contributed by atoms with Gasteiger partial charge in [-0.15, -0.1) is 0 Å². The summed E-state index contributed by atoms with van der Waals surface area (Å²) >= 11 is 0. The van der Waals surface area contributed by atoms with Crippen molar-refractivity contribution in [2.24, 2.45) is 0 Å². The van der Waals surface area contributed by atoms with E-state index in [0.29, 0.717) is 44.0 Å². The Morgan fingerprint density at radius 1 is 0.482 bits per heavy atom. The van der Waals surface area contributed by atoms with Crippen molar-refractivity contribution in [3.63, 3.8) is 0 Å². The number of aromatic hydroxyl groups is 2. The highest BCUT2D eigenvalue weighted by Crippen LogP contribution is 2.34. The minimum Gasteiger partial charge on any atom is -0.506 e. The number of aryl methyl sites for hydroxylation is 2. The van der Waals surface area contributed by atoms with E-state index in [0.717, 1.165) is 24.3 Å². The Hall–Kier alpha value is -5.97. The van der Waals surface area contributed by atoms with Gasteiger partial charge >= 0.3 is 6.03 Å². The Kier molecular flexibility index (Phi) is 10.1. The molecule has 0 atom stereocenters. The lowest BCUT2D eigenvalue weighted by Crippen LogP contribution is -2.42. The molecule has 0 fully saturated rings. The van der Waals surface area contributed by atoms with Crippen molar-refractivity contribution in [2.75, 3.05) is 10.6 Å². The molecule has 6 rings (SSSR count). The Bertz CT molecular complexity index is 2880. The van der Waals surface area contributed by atoms with E-state index in [1.807, 2.05) is 0 Å². The number of anilines is 4. The maximum atomic E-state index is 13.2. The third-order valence-corrected chi connectivity index (χ3v) is 12.9. The van der Waals surface area contributed by atoms with Crippen LogP contribution in [0.15, 0.2) is 117 Å². The number of phenols is 2. The van der Waals surface area contributed by atoms with Crippen LogP contribution in [0.25, 0.3) is 21.5 Å². The fraction of sp³-hybridized carbons (Fsp3) is 0.0571. The van der Waals surface area contributed by atoms with Crippen molar-refractivity contribution in [2.45, 2.75) is 33.4 Å². The number of amides is 2. The van der Waals surface area contributed by atoms with Gasteiger partial charge in [-0.1, -0.05) is 24.3 Å². The van der Waals surface area contributed by atoms with Crippen LogP contribution in [-0.4, -0.2) is 59.0 Å². The van der Waals surface area contributed by atoms with E-state index >= 15 is 0 Å². The first-order valence-electron chi connectivity index (χ1n) is 15.8. The van der Waals surface area contributed by atoms with Gasteiger partial charge in [0.2, 0.25) is 0 Å². The van der Waals surface area contributed by atoms with E-state index in [2.05, 4.69) is 10.6 Å². The average molecular weight is 843 g/mol. The number of benzene rings is 6. The van der Waals surface area contributed by atoms with Crippen molar-refractivity contribution in [1.29, 1.82) is 0 Å². The SMILES string of the molecule is Cc1ccc(S(=O)(=O)NC(=O)NS(=O)(=O)c2ccc(C)c(Nc3ccc4cc(S(=O)(=O)O)c(O)cc4c3)c2)cc1Nc1ccc2cc(S(=O)(=O)O)c(O)cc2c1. The summed E-state index contributed by atoms with van der Waals surface area (Å²) in [5.41, 5.74) is 2.46. The maximum Gasteiger partial charge on any atom is 0.342 e. The molecule has 0 bridgehead atoms. The third-order valence-electron chi connectivity index (χ3n) is 8.44. The molecule has 0 unspecified atom stereocenters. The van der Waals surface area contributed by atoms with E-state index in [4.69, 9.17) is 0 Å². The molecule has 0 heterocycles. The quantitative estimate of drug-likeness (QED) is 0.0804. The minimum atomic E-state index is -4.68. The lowest BCUT2D eigenvalue weighted by molar-refractivity contribution is 0.250. The Labute approximate surface area is 320 Å². The van der Waals surface area contributed by atoms with Crippen molar-refractivity contribution in [1.82, 2.24) is 9.44 Å². The first kappa shape index (κ1) is 39.7. The number of fused-ring (bicyclic) bond motifs is 2. The van der Waals surface area contributed by atoms with Crippen molar-refractivity contribution >= 4 is 90.6 Å². The van der Waals surface area contributed by atoms with Crippen molar-refractivity contribution in [3.8, 4) is 11.5 Å². The van der Waals surface area contributed by atoms with Gasteiger partial charge in [-0.25, -0.2) is 31.1 Å². The number of carbonyl (C=O) groups is 1. The largest absolute Gasteiger partial charge is 0.506 e. The van der Waals surface area contributed by atoms with Crippen LogP contribution in [0.5, 0.6) is 11.5 Å². The number of phenolic OH excluding ortho intramolecular Hbond substituents is 2. The second-order valence-electron chi connectivity index (χ2n) is 12.5. The molecule has 6 aromatic rings. The zero-order valence-electron chi connectivity index (χ0n) is 28.8. The lowest BCUT2D eigenvalue weighted by atomic mass is 10.1. The highest BCUT2D eigenvalue weighted by Gasteiger charge is 2.25. The first-order chi connectivity index (χ1) is 26.0. The molecule has 21 heteroatoms. The van der Waals surface area contributed by atoms with Gasteiger partial charge in [0.05, 0.1) is 9.79 Å². The Morgan fingerprint density at radius 2 is 0.857 bits per heavy atom. The van der Waals surface area contributed by atoms with Crippen LogP contribution in [0.2, 0.25) is 0 Å². The molecule has 0 spiro atoms. The number of urea groups is 1. The molecular formula is C35H30N4O13S4. The number of carbonyl (C=O) groups excluding carboxylic acids is 1. The molecule has 2 amide bonds. The van der Waals surface area contributed by atoms with Crippen LogP contribution in [0.1, 0.15) is 11.1 Å². The summed E-state index contributed by atoms with van der Waals surface area (Å²) in [4.78, 5) is 10.7. The molecule has 56 heavy (non-hydrogen) atoms. The van der Waals surface area contributed by atoms with Crippen LogP contribution in [0.4, 0.5) is 27.5 Å². The number of rotatable bonds is 10. The molecule has 0 aliphatic heterocycles. The Morgan fingerprint density at radius 3 is 1.21 bits per heavy atom. The van der Waals surface area contributed by atoms with E-state index in [1.165, 1.54) is 72.8 Å². The summed E-state index contributed by atoms with van der Waals surface area (Å²) in [6.07, 6.45) is 0. The second kappa shape index (κ2) is 14.3. The molecule has 0 saturated carbocycles. The van der Waals surface area contributed by atoms with Crippen LogP contribution >= 0.6 is 0 Å². The minimum absolute atomic E-state index is 0.268. The molecule has 8 N–H and O–H groups in total. The molecule has 292 valence electrons. The Balaban J connectivity index is 1.17. The third kappa shape index (κ3) is 8.46. The maximum absolute atomic E-state index is 13.2. The highest BCUT2D eigenvalue weighted by atomic mass is 32.2. The predicted molar refractivity (Wildman–Crippen MR) is 206 cm³/mol. The van der Waals surface area contributed by atoms with E-state index in [1.54, 1.807) is 23.3 Å². The number of hydrogen-bond acceptors (Lipinski definition) is 13. The van der Waals surface area contributed by atoms with E-state index < -0.39 is 77.4 Å². The van der Waals surface area contributed by atoms with Gasteiger partial charge in [-0.05, 0) is 119 Å². The predicted octanol–water partition coefficient (Wildman–Crippen LogP) is 5.38. The normalized spacial score (nSPS) is 12.4. The molecule has 0 radical (unpaired) electrons. The average Bonchev–Trinajstić information content (AvgIpc) is 3.07. The first-order valence-corrected chi connectivity index (χ1v) is 21.7. The summed E-state index contributed by atoms with van der Waals surface area (Å²) in [5, 5.41) is 27.7. The van der Waals surface area contributed by atoms with Gasteiger partial charge in [-0.2, -0.15) is 16.8 Å². The molecular weight excluding hydrogens is 813 g/mol. The fourth-order valence-electron chi connectivity index (χ4n) is 5.60. The second-order valence-corrected chi connectivity index (χ2v) is 18.6. The van der Waals surface area contributed by atoms with Gasteiger partial charge in [-0.3, -0.25) is 9.11 Å². The van der Waals surface area contributed by atoms with Crippen LogP contribution in [-0.2, 0) is 40.3 Å². The van der Waals surface area contributed by atoms with Crippen molar-refractivity contribution < 1.29 is 57.8 Å². The van der Waals surface area contributed by atoms with Gasteiger partial charge < -0.3 is 20.8 Å². The van der Waals surface area contributed by atoms with Crippen LogP contribution < -0.4 is 20.1 Å². The standard InChI is InChI=1S/C35H30N4O13S4/c1-19-3-9-27(17-29(19)36-25-7-5-21-15-33(55(47,48)49)31(40)13-23(21)11-25)53(43,44)38-35(42)39-54(45,46)28-10-4-20(2)30(18-28)37-26-8-6-22-16-34(56(50,51)52)32(41)14-24(22)12-26/h3-18,36-37,40-41H,1-2H3,(H2,38,39,42)(H,47,48,49)(H,50,51,52). The monoisotopic (exact) mass is 842 g/mol. The van der Waals surface area contributed by atoms with Gasteiger partial charge in [0.25, 0.3) is 40.3 Å². The highest BCUT2D eigenvalue weighted by molar-refractivity contribution is 7.91.